The van der Waals surface area contributed by atoms with E-state index in [2.05, 4.69) is 15.3 Å². The van der Waals surface area contributed by atoms with Gasteiger partial charge in [-0.15, -0.1) is 0 Å². The summed E-state index contributed by atoms with van der Waals surface area (Å²) in [6, 6.07) is 9.72. The van der Waals surface area contributed by atoms with E-state index in [1.165, 1.54) is 13.2 Å². The molecule has 0 aliphatic heterocycles. The van der Waals surface area contributed by atoms with Crippen LogP contribution in [0.25, 0.3) is 0 Å². The minimum atomic E-state index is -0.484. The molecule has 18 heavy (non-hydrogen) atoms. The molecule has 1 heterocycles. The molecule has 0 fully saturated rings. The van der Waals surface area contributed by atoms with E-state index in [-0.39, 0.29) is 5.69 Å². The summed E-state index contributed by atoms with van der Waals surface area (Å²) in [6.07, 6.45) is 2.09. The highest BCUT2D eigenvalue weighted by Gasteiger charge is 2.10. The zero-order chi connectivity index (χ0) is 13.0. The second-order valence-electron chi connectivity index (χ2n) is 3.83. The Morgan fingerprint density at radius 1 is 1.33 bits per heavy atom. The van der Waals surface area contributed by atoms with E-state index >= 15 is 0 Å². The highest BCUT2D eigenvalue weighted by molar-refractivity contribution is 5.91. The van der Waals surface area contributed by atoms with Gasteiger partial charge in [-0.05, 0) is 5.56 Å². The molecule has 0 unspecified atom stereocenters. The lowest BCUT2D eigenvalue weighted by Gasteiger charge is -2.03. The van der Waals surface area contributed by atoms with Gasteiger partial charge in [0, 0.05) is 25.4 Å². The molecule has 0 bridgehead atoms. The van der Waals surface area contributed by atoms with Crippen molar-refractivity contribution in [1.29, 1.82) is 0 Å². The largest absolute Gasteiger partial charge is 0.354 e. The Morgan fingerprint density at radius 2 is 2.06 bits per heavy atom. The van der Waals surface area contributed by atoms with Crippen LogP contribution >= 0.6 is 0 Å². The fourth-order valence-electron chi connectivity index (χ4n) is 1.62. The van der Waals surface area contributed by atoms with Crippen LogP contribution in [-0.2, 0) is 6.42 Å². The summed E-state index contributed by atoms with van der Waals surface area (Å²) in [7, 11) is 1.46. The predicted octanol–water partition coefficient (Wildman–Crippen LogP) is 0.720. The molecule has 92 valence electrons. The van der Waals surface area contributed by atoms with Gasteiger partial charge in [-0.25, -0.2) is 4.98 Å². The van der Waals surface area contributed by atoms with Crippen molar-refractivity contribution in [2.45, 2.75) is 6.42 Å². The maximum absolute atomic E-state index is 11.7. The average Bonchev–Trinajstić information content (AvgIpc) is 2.39. The van der Waals surface area contributed by atoms with Crippen LogP contribution in [0.3, 0.4) is 0 Å². The van der Waals surface area contributed by atoms with Crippen molar-refractivity contribution in [1.82, 2.24) is 15.3 Å². The summed E-state index contributed by atoms with van der Waals surface area (Å²) in [6.45, 7) is 0. The topological polar surface area (TPSA) is 74.8 Å². The summed E-state index contributed by atoms with van der Waals surface area (Å²) < 4.78 is 0. The summed E-state index contributed by atoms with van der Waals surface area (Å²) in [5, 5.41) is 2.37. The van der Waals surface area contributed by atoms with Crippen molar-refractivity contribution in [2.24, 2.45) is 0 Å². The van der Waals surface area contributed by atoms with Crippen molar-refractivity contribution in [3.05, 3.63) is 63.8 Å². The monoisotopic (exact) mass is 243 g/mol. The molecular formula is C13H13N3O2. The van der Waals surface area contributed by atoms with Gasteiger partial charge in [0.25, 0.3) is 11.5 Å². The van der Waals surface area contributed by atoms with Crippen LogP contribution < -0.4 is 10.9 Å². The number of hydrogen-bond donors (Lipinski definition) is 2. The third kappa shape index (κ3) is 2.63. The van der Waals surface area contributed by atoms with Gasteiger partial charge in [0.2, 0.25) is 0 Å². The van der Waals surface area contributed by atoms with E-state index in [0.717, 1.165) is 5.56 Å². The zero-order valence-electron chi connectivity index (χ0n) is 9.93. The predicted molar refractivity (Wildman–Crippen MR) is 67.5 cm³/mol. The molecule has 5 heteroatoms. The smallest absolute Gasteiger partial charge is 0.279 e. The number of H-pyrrole nitrogens is 1. The van der Waals surface area contributed by atoms with Gasteiger partial charge in [-0.1, -0.05) is 30.3 Å². The number of carbonyl (C=O) groups excluding carboxylic acids is 1. The SMILES string of the molecule is CNC(=O)c1ncc(Cc2ccccc2)[nH]c1=O. The van der Waals surface area contributed by atoms with Crippen LogP contribution in [0, 0.1) is 0 Å². The Morgan fingerprint density at radius 3 is 2.67 bits per heavy atom. The van der Waals surface area contributed by atoms with Crippen molar-refractivity contribution in [3.63, 3.8) is 0 Å². The van der Waals surface area contributed by atoms with E-state index in [4.69, 9.17) is 0 Å². The second kappa shape index (κ2) is 5.27. The van der Waals surface area contributed by atoms with Crippen LogP contribution in [0.4, 0.5) is 0 Å². The van der Waals surface area contributed by atoms with E-state index in [0.29, 0.717) is 12.1 Å². The quantitative estimate of drug-likeness (QED) is 0.834. The lowest BCUT2D eigenvalue weighted by Crippen LogP contribution is -2.28. The molecule has 1 aromatic carbocycles. The van der Waals surface area contributed by atoms with Gasteiger partial charge in [0.15, 0.2) is 5.69 Å². The fraction of sp³-hybridized carbons (Fsp3) is 0.154. The Bertz CT molecular complexity index is 605. The van der Waals surface area contributed by atoms with Crippen LogP contribution in [0.1, 0.15) is 21.7 Å². The van der Waals surface area contributed by atoms with Gasteiger partial charge in [0.05, 0.1) is 0 Å². The molecule has 0 saturated carbocycles. The van der Waals surface area contributed by atoms with Crippen LogP contribution in [0.15, 0.2) is 41.3 Å². The number of benzene rings is 1. The van der Waals surface area contributed by atoms with Gasteiger partial charge >= 0.3 is 0 Å². The van der Waals surface area contributed by atoms with Crippen LogP contribution in [-0.4, -0.2) is 22.9 Å². The standard InChI is InChI=1S/C13H13N3O2/c1-14-12(17)11-13(18)16-10(8-15-11)7-9-5-3-2-4-6-9/h2-6,8H,7H2,1H3,(H,14,17)(H,16,18). The second-order valence-corrected chi connectivity index (χ2v) is 3.83. The molecule has 0 aliphatic carbocycles. The number of carbonyl (C=O) groups is 1. The average molecular weight is 243 g/mol. The minimum absolute atomic E-state index is 0.116. The Balaban J connectivity index is 2.25. The van der Waals surface area contributed by atoms with E-state index in [1.54, 1.807) is 0 Å². The fourth-order valence-corrected chi connectivity index (χ4v) is 1.62. The number of amides is 1. The van der Waals surface area contributed by atoms with E-state index < -0.39 is 11.5 Å². The normalized spacial score (nSPS) is 10.1. The first-order valence-electron chi connectivity index (χ1n) is 5.55. The first kappa shape index (κ1) is 12.0. The lowest BCUT2D eigenvalue weighted by atomic mass is 10.1. The molecule has 2 aromatic rings. The Kier molecular flexibility index (Phi) is 3.52. The highest BCUT2D eigenvalue weighted by atomic mass is 16.2. The molecule has 1 aromatic heterocycles. The molecule has 1 amide bonds. The first-order chi connectivity index (χ1) is 8.70. The van der Waals surface area contributed by atoms with Crippen molar-refractivity contribution < 1.29 is 4.79 Å². The van der Waals surface area contributed by atoms with Crippen LogP contribution in [0.5, 0.6) is 0 Å². The minimum Gasteiger partial charge on any atom is -0.354 e. The number of rotatable bonds is 3. The van der Waals surface area contributed by atoms with Crippen molar-refractivity contribution in [2.75, 3.05) is 7.05 Å². The Hall–Kier alpha value is -2.43. The lowest BCUT2D eigenvalue weighted by molar-refractivity contribution is 0.0956. The number of hydrogen-bond acceptors (Lipinski definition) is 3. The van der Waals surface area contributed by atoms with Gasteiger partial charge in [0.1, 0.15) is 0 Å². The highest BCUT2D eigenvalue weighted by Crippen LogP contribution is 2.04. The molecule has 0 spiro atoms. The van der Waals surface area contributed by atoms with Gasteiger partial charge in [-0.2, -0.15) is 0 Å². The number of aromatic amines is 1. The molecule has 5 nitrogen and oxygen atoms in total. The first-order valence-corrected chi connectivity index (χ1v) is 5.55. The maximum atomic E-state index is 11.7. The molecule has 0 saturated heterocycles. The number of aromatic nitrogens is 2. The zero-order valence-corrected chi connectivity index (χ0v) is 9.93. The van der Waals surface area contributed by atoms with E-state index in [1.807, 2.05) is 30.3 Å². The maximum Gasteiger partial charge on any atom is 0.279 e. The molecule has 2 N–H and O–H groups in total. The third-order valence-corrected chi connectivity index (χ3v) is 2.52. The summed E-state index contributed by atoms with van der Waals surface area (Å²) in [5.74, 6) is -0.484. The number of nitrogens with one attached hydrogen (secondary N) is 2. The van der Waals surface area contributed by atoms with Gasteiger partial charge in [-0.3, -0.25) is 9.59 Å². The molecule has 0 atom stereocenters. The molecule has 0 radical (unpaired) electrons. The van der Waals surface area contributed by atoms with E-state index in [9.17, 15) is 9.59 Å². The summed E-state index contributed by atoms with van der Waals surface area (Å²) in [4.78, 5) is 29.5. The molecular weight excluding hydrogens is 230 g/mol. The summed E-state index contributed by atoms with van der Waals surface area (Å²) in [5.41, 5.74) is 1.17. The van der Waals surface area contributed by atoms with Crippen LogP contribution in [0.2, 0.25) is 0 Å². The molecule has 0 aliphatic rings. The summed E-state index contributed by atoms with van der Waals surface area (Å²) >= 11 is 0. The third-order valence-electron chi connectivity index (χ3n) is 2.52. The van der Waals surface area contributed by atoms with Crippen molar-refractivity contribution in [3.8, 4) is 0 Å². The number of nitrogens with zero attached hydrogens (tertiary/aromatic N) is 1. The van der Waals surface area contributed by atoms with Crippen molar-refractivity contribution >= 4 is 5.91 Å². The molecule has 2 rings (SSSR count). The Labute approximate surface area is 104 Å². The van der Waals surface area contributed by atoms with Gasteiger partial charge < -0.3 is 10.3 Å².